The van der Waals surface area contributed by atoms with Crippen LogP contribution >= 0.6 is 0 Å². The molecule has 0 fully saturated rings. The van der Waals surface area contributed by atoms with Crippen LogP contribution in [0.5, 0.6) is 5.75 Å². The van der Waals surface area contributed by atoms with Crippen molar-refractivity contribution < 1.29 is 9.53 Å². The van der Waals surface area contributed by atoms with Gasteiger partial charge in [-0.2, -0.15) is 0 Å². The lowest BCUT2D eigenvalue weighted by Crippen LogP contribution is -2.30. The van der Waals surface area contributed by atoms with Gasteiger partial charge in [-0.3, -0.25) is 4.79 Å². The molecule has 0 saturated heterocycles. The van der Waals surface area contributed by atoms with E-state index in [-0.39, 0.29) is 12.5 Å². The van der Waals surface area contributed by atoms with Gasteiger partial charge in [0.1, 0.15) is 24.7 Å². The summed E-state index contributed by atoms with van der Waals surface area (Å²) < 4.78 is 7.85. The molecule has 30 heavy (non-hydrogen) atoms. The molecule has 0 atom stereocenters. The largest absolute Gasteiger partial charge is 0.486 e. The van der Waals surface area contributed by atoms with Crippen LogP contribution in [0.3, 0.4) is 0 Å². The number of carbonyl (C=O) groups is 1. The van der Waals surface area contributed by atoms with Gasteiger partial charge in [-0.1, -0.05) is 60.2 Å². The Morgan fingerprint density at radius 3 is 2.43 bits per heavy atom. The Hall–Kier alpha value is -3.60. The fourth-order valence-electron chi connectivity index (χ4n) is 3.39. The quantitative estimate of drug-likeness (QED) is 0.457. The molecule has 5 nitrogen and oxygen atoms in total. The normalized spacial score (nSPS) is 10.9. The molecule has 1 aromatic heterocycles. The van der Waals surface area contributed by atoms with E-state index in [2.05, 4.69) is 31.2 Å². The third-order valence-corrected chi connectivity index (χ3v) is 5.10. The molecule has 4 aromatic rings. The zero-order valence-corrected chi connectivity index (χ0v) is 17.3. The number of aryl methyl sites for hydroxylation is 1. The fraction of sp³-hybridized carbons (Fsp3) is 0.200. The summed E-state index contributed by atoms with van der Waals surface area (Å²) in [5.74, 6) is 1.54. The van der Waals surface area contributed by atoms with Crippen molar-refractivity contribution in [3.05, 3.63) is 95.8 Å². The van der Waals surface area contributed by atoms with Crippen LogP contribution in [-0.2, 0) is 24.5 Å². The molecule has 1 amide bonds. The Morgan fingerprint density at radius 1 is 0.967 bits per heavy atom. The number of hydrogen-bond donors (Lipinski definition) is 0. The lowest BCUT2D eigenvalue weighted by Gasteiger charge is -2.19. The number of aromatic nitrogens is 2. The summed E-state index contributed by atoms with van der Waals surface area (Å²) in [4.78, 5) is 19.4. The van der Waals surface area contributed by atoms with Crippen LogP contribution in [0.4, 0.5) is 0 Å². The van der Waals surface area contributed by atoms with Crippen molar-refractivity contribution in [2.75, 3.05) is 7.05 Å². The van der Waals surface area contributed by atoms with E-state index in [0.29, 0.717) is 13.2 Å². The first-order valence-corrected chi connectivity index (χ1v) is 10.0. The average Bonchev–Trinajstić information content (AvgIpc) is 3.12. The molecule has 0 radical (unpaired) electrons. The number of para-hydroxylation sites is 3. The maximum Gasteiger partial charge on any atom is 0.242 e. The van der Waals surface area contributed by atoms with Gasteiger partial charge in [0, 0.05) is 13.6 Å². The first-order valence-electron chi connectivity index (χ1n) is 10.0. The molecule has 3 aromatic carbocycles. The summed E-state index contributed by atoms with van der Waals surface area (Å²) in [7, 11) is 1.83. The van der Waals surface area contributed by atoms with E-state index in [1.54, 1.807) is 4.90 Å². The van der Waals surface area contributed by atoms with Crippen molar-refractivity contribution in [1.82, 2.24) is 14.5 Å². The van der Waals surface area contributed by atoms with E-state index in [9.17, 15) is 4.79 Å². The minimum Gasteiger partial charge on any atom is -0.486 e. The molecule has 5 heteroatoms. The van der Waals surface area contributed by atoms with E-state index >= 15 is 0 Å². The topological polar surface area (TPSA) is 47.4 Å². The van der Waals surface area contributed by atoms with Crippen LogP contribution in [0.1, 0.15) is 17.0 Å². The van der Waals surface area contributed by atoms with Gasteiger partial charge >= 0.3 is 0 Å². The zero-order valence-electron chi connectivity index (χ0n) is 17.3. The Morgan fingerprint density at radius 2 is 1.67 bits per heavy atom. The molecule has 1 heterocycles. The third kappa shape index (κ3) is 4.51. The van der Waals surface area contributed by atoms with Crippen LogP contribution in [0, 0.1) is 6.92 Å². The van der Waals surface area contributed by atoms with Gasteiger partial charge in [0.25, 0.3) is 0 Å². The number of ether oxygens (including phenoxy) is 1. The molecule has 152 valence electrons. The lowest BCUT2D eigenvalue weighted by atomic mass is 10.1. The smallest absolute Gasteiger partial charge is 0.242 e. The van der Waals surface area contributed by atoms with E-state index in [1.165, 1.54) is 5.56 Å². The van der Waals surface area contributed by atoms with Crippen LogP contribution in [0.25, 0.3) is 11.0 Å². The van der Waals surface area contributed by atoms with Crippen molar-refractivity contribution in [3.8, 4) is 5.75 Å². The maximum absolute atomic E-state index is 13.0. The number of amides is 1. The van der Waals surface area contributed by atoms with Crippen molar-refractivity contribution in [2.24, 2.45) is 0 Å². The van der Waals surface area contributed by atoms with Gasteiger partial charge < -0.3 is 14.2 Å². The molecule has 0 aliphatic rings. The average molecular weight is 399 g/mol. The summed E-state index contributed by atoms with van der Waals surface area (Å²) in [5, 5.41) is 0. The minimum absolute atomic E-state index is 0.0275. The molecule has 0 unspecified atom stereocenters. The summed E-state index contributed by atoms with van der Waals surface area (Å²) in [5.41, 5.74) is 4.11. The second-order valence-corrected chi connectivity index (χ2v) is 7.44. The monoisotopic (exact) mass is 399 g/mol. The molecule has 0 bridgehead atoms. The molecule has 4 rings (SSSR count). The highest BCUT2D eigenvalue weighted by atomic mass is 16.5. The zero-order chi connectivity index (χ0) is 20.9. The van der Waals surface area contributed by atoms with Gasteiger partial charge in [0.2, 0.25) is 5.91 Å². The van der Waals surface area contributed by atoms with Gasteiger partial charge in [0.15, 0.2) is 0 Å². The van der Waals surface area contributed by atoms with Crippen LogP contribution in [-0.4, -0.2) is 27.4 Å². The third-order valence-electron chi connectivity index (χ3n) is 5.10. The Bertz CT molecular complexity index is 1130. The number of fused-ring (bicyclic) bond motifs is 1. The van der Waals surface area contributed by atoms with Crippen molar-refractivity contribution in [3.63, 3.8) is 0 Å². The minimum atomic E-state index is 0.0275. The Balaban J connectivity index is 1.53. The van der Waals surface area contributed by atoms with Crippen LogP contribution in [0.2, 0.25) is 0 Å². The number of rotatable bonds is 7. The van der Waals surface area contributed by atoms with Crippen molar-refractivity contribution >= 4 is 16.9 Å². The number of nitrogens with zero attached hydrogens (tertiary/aromatic N) is 3. The SMILES string of the molecule is Cc1ccc(CN(C)C(=O)Cn2c(COc3ccccc3)nc3ccccc32)cc1. The highest BCUT2D eigenvalue weighted by Gasteiger charge is 2.17. The predicted octanol–water partition coefficient (Wildman–Crippen LogP) is 4.58. The molecule has 0 aliphatic carbocycles. The second kappa shape index (κ2) is 8.82. The summed E-state index contributed by atoms with van der Waals surface area (Å²) >= 11 is 0. The van der Waals surface area contributed by atoms with Crippen LogP contribution < -0.4 is 4.74 Å². The Labute approximate surface area is 176 Å². The van der Waals surface area contributed by atoms with E-state index in [0.717, 1.165) is 28.2 Å². The first-order chi connectivity index (χ1) is 14.6. The van der Waals surface area contributed by atoms with E-state index in [4.69, 9.17) is 9.72 Å². The molecular formula is C25H25N3O2. The van der Waals surface area contributed by atoms with Gasteiger partial charge in [-0.15, -0.1) is 0 Å². The molecule has 0 aliphatic heterocycles. The van der Waals surface area contributed by atoms with Gasteiger partial charge in [-0.05, 0) is 36.8 Å². The summed E-state index contributed by atoms with van der Waals surface area (Å²) in [6.45, 7) is 3.15. The Kier molecular flexibility index (Phi) is 5.80. The number of hydrogen-bond acceptors (Lipinski definition) is 3. The molecule has 0 saturated carbocycles. The lowest BCUT2D eigenvalue weighted by molar-refractivity contribution is -0.131. The maximum atomic E-state index is 13.0. The number of likely N-dealkylation sites (N-methyl/N-ethyl adjacent to an activating group) is 1. The highest BCUT2D eigenvalue weighted by Crippen LogP contribution is 2.19. The molecule has 0 spiro atoms. The molecular weight excluding hydrogens is 374 g/mol. The van der Waals surface area contributed by atoms with Gasteiger partial charge in [0.05, 0.1) is 11.0 Å². The predicted molar refractivity (Wildman–Crippen MR) is 118 cm³/mol. The standard InChI is InChI=1S/C25H25N3O2/c1-19-12-14-20(15-13-19)16-27(2)25(29)17-28-23-11-7-6-10-22(23)26-24(28)18-30-21-8-4-3-5-9-21/h3-15H,16-18H2,1-2H3. The van der Waals surface area contributed by atoms with E-state index < -0.39 is 0 Å². The number of imidazole rings is 1. The van der Waals surface area contributed by atoms with E-state index in [1.807, 2.05) is 66.2 Å². The summed E-state index contributed by atoms with van der Waals surface area (Å²) in [6, 6.07) is 25.7. The summed E-state index contributed by atoms with van der Waals surface area (Å²) in [6.07, 6.45) is 0. The van der Waals surface area contributed by atoms with Crippen molar-refractivity contribution in [1.29, 1.82) is 0 Å². The van der Waals surface area contributed by atoms with Crippen molar-refractivity contribution in [2.45, 2.75) is 26.6 Å². The second-order valence-electron chi connectivity index (χ2n) is 7.44. The first kappa shape index (κ1) is 19.7. The molecule has 0 N–H and O–H groups in total. The fourth-order valence-corrected chi connectivity index (χ4v) is 3.39. The van der Waals surface area contributed by atoms with Gasteiger partial charge in [-0.25, -0.2) is 4.98 Å². The number of benzene rings is 3. The highest BCUT2D eigenvalue weighted by molar-refractivity contribution is 5.81. The number of carbonyl (C=O) groups excluding carboxylic acids is 1. The van der Waals surface area contributed by atoms with Crippen LogP contribution in [0.15, 0.2) is 78.9 Å².